The van der Waals surface area contributed by atoms with Gasteiger partial charge in [-0.1, -0.05) is 24.3 Å². The Bertz CT molecular complexity index is 611. The van der Waals surface area contributed by atoms with Crippen molar-refractivity contribution in [3.05, 3.63) is 36.4 Å². The van der Waals surface area contributed by atoms with Crippen molar-refractivity contribution >= 4 is 20.9 Å². The molecule has 0 spiro atoms. The van der Waals surface area contributed by atoms with E-state index in [0.29, 0.717) is 5.39 Å². The summed E-state index contributed by atoms with van der Waals surface area (Å²) in [6.45, 7) is 0. The van der Waals surface area contributed by atoms with Gasteiger partial charge in [-0.25, -0.2) is 0 Å². The lowest BCUT2D eigenvalue weighted by Gasteiger charge is -2.04. The van der Waals surface area contributed by atoms with E-state index in [-0.39, 0.29) is 16.0 Å². The molecule has 15 heavy (non-hydrogen) atoms. The normalized spacial score (nSPS) is 11.8. The molecule has 0 aliphatic rings. The highest BCUT2D eigenvalue weighted by Gasteiger charge is 2.15. The number of phenols is 1. The van der Waals surface area contributed by atoms with Gasteiger partial charge in [0.25, 0.3) is 10.1 Å². The Hall–Kier alpha value is -1.59. The van der Waals surface area contributed by atoms with Crippen LogP contribution in [0.15, 0.2) is 41.3 Å². The maximum Gasteiger partial charge on any atom is 0.295 e. The first-order chi connectivity index (χ1) is 7.00. The number of fused-ring (bicyclic) bond motifs is 1. The van der Waals surface area contributed by atoms with Gasteiger partial charge in [-0.15, -0.1) is 0 Å². The number of hydrogen-bond donors (Lipinski definition) is 2. The van der Waals surface area contributed by atoms with Crippen molar-refractivity contribution in [2.75, 3.05) is 0 Å². The van der Waals surface area contributed by atoms with Crippen LogP contribution in [-0.2, 0) is 10.1 Å². The van der Waals surface area contributed by atoms with E-state index in [9.17, 15) is 13.5 Å². The van der Waals surface area contributed by atoms with Gasteiger partial charge in [0.2, 0.25) is 0 Å². The lowest BCUT2D eigenvalue weighted by atomic mass is 10.1. The van der Waals surface area contributed by atoms with E-state index in [0.717, 1.165) is 0 Å². The summed E-state index contributed by atoms with van der Waals surface area (Å²) in [5.41, 5.74) is 0. The topological polar surface area (TPSA) is 74.6 Å². The monoisotopic (exact) mass is 224 g/mol. The molecule has 0 fully saturated rings. The van der Waals surface area contributed by atoms with Crippen LogP contribution < -0.4 is 0 Å². The van der Waals surface area contributed by atoms with Crippen LogP contribution in [0.1, 0.15) is 0 Å². The quantitative estimate of drug-likeness (QED) is 0.724. The smallest absolute Gasteiger partial charge is 0.295 e. The Balaban J connectivity index is 2.99. The SMILES string of the molecule is O=S(=O)(O)c1cccc2cccc(O)c12. The standard InChI is InChI=1S/C10H8O4S/c11-8-5-1-3-7-4-2-6-9(10(7)8)15(12,13)14/h1-6,11H,(H,12,13,14). The maximum absolute atomic E-state index is 11.0. The van der Waals surface area contributed by atoms with E-state index in [1.165, 1.54) is 18.2 Å². The van der Waals surface area contributed by atoms with Crippen LogP contribution in [0, 0.1) is 0 Å². The largest absolute Gasteiger partial charge is 0.507 e. The molecule has 5 heteroatoms. The molecule has 2 N–H and O–H groups in total. The molecule has 0 saturated carbocycles. The average molecular weight is 224 g/mol. The summed E-state index contributed by atoms with van der Waals surface area (Å²) in [7, 11) is -4.31. The second-order valence-electron chi connectivity index (χ2n) is 3.11. The van der Waals surface area contributed by atoms with Crippen LogP contribution in [0.2, 0.25) is 0 Å². The molecule has 0 aliphatic carbocycles. The van der Waals surface area contributed by atoms with Gasteiger partial charge in [-0.2, -0.15) is 8.42 Å². The molecule has 4 nitrogen and oxygen atoms in total. The molecule has 2 aromatic rings. The molecule has 0 amide bonds. The zero-order chi connectivity index (χ0) is 11.1. The van der Waals surface area contributed by atoms with E-state index in [4.69, 9.17) is 4.55 Å². The lowest BCUT2D eigenvalue weighted by molar-refractivity contribution is 0.474. The molecular weight excluding hydrogens is 216 g/mol. The van der Waals surface area contributed by atoms with Crippen LogP contribution >= 0.6 is 0 Å². The van der Waals surface area contributed by atoms with Gasteiger partial charge in [0.05, 0.1) is 0 Å². The van der Waals surface area contributed by atoms with Gasteiger partial charge in [0.1, 0.15) is 10.6 Å². The highest BCUT2D eigenvalue weighted by molar-refractivity contribution is 7.86. The van der Waals surface area contributed by atoms with E-state index in [1.54, 1.807) is 18.2 Å². The minimum absolute atomic E-state index is 0.141. The third kappa shape index (κ3) is 1.67. The van der Waals surface area contributed by atoms with Gasteiger partial charge in [0, 0.05) is 5.39 Å². The second kappa shape index (κ2) is 3.22. The maximum atomic E-state index is 11.0. The van der Waals surface area contributed by atoms with Crippen molar-refractivity contribution in [2.24, 2.45) is 0 Å². The van der Waals surface area contributed by atoms with Crippen molar-refractivity contribution in [3.63, 3.8) is 0 Å². The van der Waals surface area contributed by atoms with Crippen LogP contribution in [0.4, 0.5) is 0 Å². The first kappa shape index (κ1) is 9.95. The van der Waals surface area contributed by atoms with Crippen molar-refractivity contribution < 1.29 is 18.1 Å². The van der Waals surface area contributed by atoms with Gasteiger partial charge >= 0.3 is 0 Å². The van der Waals surface area contributed by atoms with E-state index < -0.39 is 10.1 Å². The predicted molar refractivity (Wildman–Crippen MR) is 55.4 cm³/mol. The van der Waals surface area contributed by atoms with Crippen LogP contribution in [-0.4, -0.2) is 18.1 Å². The summed E-state index contributed by atoms with van der Waals surface area (Å²) in [5, 5.41) is 10.2. The molecule has 0 radical (unpaired) electrons. The first-order valence-electron chi connectivity index (χ1n) is 4.18. The summed E-state index contributed by atoms with van der Waals surface area (Å²) in [5.74, 6) is -0.166. The summed E-state index contributed by atoms with van der Waals surface area (Å²) in [6, 6.07) is 9.04. The molecule has 0 atom stereocenters. The van der Waals surface area contributed by atoms with Crippen LogP contribution in [0.25, 0.3) is 10.8 Å². The Labute approximate surface area is 86.5 Å². The molecule has 2 rings (SSSR count). The second-order valence-corrected chi connectivity index (χ2v) is 4.50. The molecule has 0 saturated heterocycles. The van der Waals surface area contributed by atoms with E-state index in [2.05, 4.69) is 0 Å². The van der Waals surface area contributed by atoms with Gasteiger partial charge < -0.3 is 5.11 Å². The van der Waals surface area contributed by atoms with Crippen molar-refractivity contribution in [3.8, 4) is 5.75 Å². The van der Waals surface area contributed by atoms with E-state index in [1.807, 2.05) is 0 Å². The number of benzene rings is 2. The minimum Gasteiger partial charge on any atom is -0.507 e. The Morgan fingerprint density at radius 2 is 1.60 bits per heavy atom. The molecule has 0 aromatic heterocycles. The zero-order valence-electron chi connectivity index (χ0n) is 7.58. The molecule has 0 unspecified atom stereocenters. The molecule has 0 heterocycles. The summed E-state index contributed by atoms with van der Waals surface area (Å²) in [6.07, 6.45) is 0. The average Bonchev–Trinajstić information content (AvgIpc) is 2.16. The summed E-state index contributed by atoms with van der Waals surface area (Å²) in [4.78, 5) is -0.280. The fraction of sp³-hybridized carbons (Fsp3) is 0. The number of aromatic hydroxyl groups is 1. The number of rotatable bonds is 1. The Kier molecular flexibility index (Phi) is 2.13. The van der Waals surface area contributed by atoms with Crippen molar-refractivity contribution in [2.45, 2.75) is 4.90 Å². The first-order valence-corrected chi connectivity index (χ1v) is 5.62. The van der Waals surface area contributed by atoms with Crippen LogP contribution in [0.3, 0.4) is 0 Å². The summed E-state index contributed by atoms with van der Waals surface area (Å²) >= 11 is 0. The molecule has 2 aromatic carbocycles. The van der Waals surface area contributed by atoms with Gasteiger partial charge in [-0.3, -0.25) is 4.55 Å². The van der Waals surface area contributed by atoms with Crippen molar-refractivity contribution in [1.82, 2.24) is 0 Å². The fourth-order valence-electron chi connectivity index (χ4n) is 1.50. The zero-order valence-corrected chi connectivity index (χ0v) is 8.40. The molecule has 0 bridgehead atoms. The van der Waals surface area contributed by atoms with Gasteiger partial charge in [0.15, 0.2) is 0 Å². The van der Waals surface area contributed by atoms with E-state index >= 15 is 0 Å². The van der Waals surface area contributed by atoms with Crippen molar-refractivity contribution in [1.29, 1.82) is 0 Å². The number of phenolic OH excluding ortho intramolecular Hbond substituents is 1. The fourth-order valence-corrected chi connectivity index (χ4v) is 2.23. The minimum atomic E-state index is -4.31. The third-order valence-electron chi connectivity index (χ3n) is 2.12. The highest BCUT2D eigenvalue weighted by Crippen LogP contribution is 2.30. The number of hydrogen-bond acceptors (Lipinski definition) is 3. The summed E-state index contributed by atoms with van der Waals surface area (Å²) < 4.78 is 31.1. The molecule has 0 aliphatic heterocycles. The van der Waals surface area contributed by atoms with Crippen LogP contribution in [0.5, 0.6) is 5.75 Å². The lowest BCUT2D eigenvalue weighted by Crippen LogP contribution is -1.98. The predicted octanol–water partition coefficient (Wildman–Crippen LogP) is 1.79. The highest BCUT2D eigenvalue weighted by atomic mass is 32.2. The Morgan fingerprint density at radius 3 is 2.20 bits per heavy atom. The Morgan fingerprint density at radius 1 is 1.00 bits per heavy atom. The molecule has 78 valence electrons. The van der Waals surface area contributed by atoms with Gasteiger partial charge in [-0.05, 0) is 17.5 Å². The third-order valence-corrected chi connectivity index (χ3v) is 3.02. The molecular formula is C10H8O4S.